The van der Waals surface area contributed by atoms with E-state index in [1.165, 1.54) is 22.0 Å². The average molecular weight is 467 g/mol. The van der Waals surface area contributed by atoms with Crippen LogP contribution in [0.2, 0.25) is 0 Å². The van der Waals surface area contributed by atoms with E-state index in [0.29, 0.717) is 17.3 Å². The van der Waals surface area contributed by atoms with Gasteiger partial charge in [0.25, 0.3) is 15.6 Å². The molecule has 5 rings (SSSR count). The van der Waals surface area contributed by atoms with Crippen molar-refractivity contribution in [3.05, 3.63) is 43.0 Å². The number of hydrogen-bond acceptors (Lipinski definition) is 7. The van der Waals surface area contributed by atoms with E-state index in [1.54, 1.807) is 10.8 Å². The molecule has 2 aliphatic carbocycles. The number of aryl methyl sites for hydroxylation is 1. The number of thiophene rings is 1. The SMILES string of the molecule is Cc1ncc(Cn2c(=O)c3cc(S(=O)(=O)NC4(C)CC4)sc3n(CC3CC3)c2=O)s1. The Hall–Kier alpha value is -1.82. The Bertz CT molecular complexity index is 1370. The van der Waals surface area contributed by atoms with E-state index in [2.05, 4.69) is 9.71 Å². The number of fused-ring (bicyclic) bond motifs is 1. The van der Waals surface area contributed by atoms with Crippen molar-refractivity contribution >= 4 is 42.9 Å². The minimum Gasteiger partial charge on any atom is -0.284 e. The first-order valence-electron chi connectivity index (χ1n) is 9.88. The third-order valence-electron chi connectivity index (χ3n) is 5.64. The molecule has 2 aliphatic rings. The van der Waals surface area contributed by atoms with Gasteiger partial charge in [-0.25, -0.2) is 22.9 Å². The second kappa shape index (κ2) is 6.84. The van der Waals surface area contributed by atoms with Crippen LogP contribution in [0.1, 0.15) is 42.5 Å². The van der Waals surface area contributed by atoms with Gasteiger partial charge in [-0.2, -0.15) is 0 Å². The minimum atomic E-state index is -3.75. The quantitative estimate of drug-likeness (QED) is 0.575. The zero-order valence-electron chi connectivity index (χ0n) is 16.7. The zero-order chi connectivity index (χ0) is 21.3. The summed E-state index contributed by atoms with van der Waals surface area (Å²) < 4.78 is 31.4. The van der Waals surface area contributed by atoms with Gasteiger partial charge in [0.2, 0.25) is 0 Å². The lowest BCUT2D eigenvalue weighted by Gasteiger charge is -2.11. The predicted octanol–water partition coefficient (Wildman–Crippen LogP) is 2.28. The third kappa shape index (κ3) is 3.68. The van der Waals surface area contributed by atoms with Gasteiger partial charge in [-0.1, -0.05) is 0 Å². The van der Waals surface area contributed by atoms with Gasteiger partial charge in [0.15, 0.2) is 0 Å². The summed E-state index contributed by atoms with van der Waals surface area (Å²) in [5.74, 6) is 0.396. The van der Waals surface area contributed by atoms with Gasteiger partial charge < -0.3 is 0 Å². The molecule has 0 saturated heterocycles. The average Bonchev–Trinajstić information content (AvgIpc) is 3.53. The van der Waals surface area contributed by atoms with E-state index in [1.807, 2.05) is 13.8 Å². The summed E-state index contributed by atoms with van der Waals surface area (Å²) in [6.45, 7) is 4.38. The Labute approximate surface area is 181 Å². The van der Waals surface area contributed by atoms with Crippen LogP contribution in [0.25, 0.3) is 10.2 Å². The van der Waals surface area contributed by atoms with E-state index >= 15 is 0 Å². The fraction of sp³-hybridized carbons (Fsp3) is 0.526. The standard InChI is InChI=1S/C19H22N4O4S3/c1-11-20-8-13(28-11)10-22-16(24)14-7-15(30(26,27)21-19(2)5-6-19)29-17(14)23(18(22)25)9-12-3-4-12/h7-8,12,21H,3-6,9-10H2,1-2H3. The molecule has 0 spiro atoms. The van der Waals surface area contributed by atoms with Crippen LogP contribution in [0.4, 0.5) is 0 Å². The molecule has 0 aliphatic heterocycles. The molecule has 0 amide bonds. The van der Waals surface area contributed by atoms with Gasteiger partial charge in [0, 0.05) is 23.2 Å². The number of nitrogens with one attached hydrogen (secondary N) is 1. The highest BCUT2D eigenvalue weighted by Gasteiger charge is 2.42. The maximum Gasteiger partial charge on any atom is 0.332 e. The zero-order valence-corrected chi connectivity index (χ0v) is 19.1. The van der Waals surface area contributed by atoms with E-state index in [0.717, 1.165) is 46.9 Å². The fourth-order valence-electron chi connectivity index (χ4n) is 3.47. The first kappa shape index (κ1) is 20.1. The molecule has 0 atom stereocenters. The summed E-state index contributed by atoms with van der Waals surface area (Å²) in [6, 6.07) is 1.42. The van der Waals surface area contributed by atoms with Gasteiger partial charge in [-0.15, -0.1) is 22.7 Å². The third-order valence-corrected chi connectivity index (χ3v) is 9.81. The van der Waals surface area contributed by atoms with Crippen LogP contribution in [-0.2, 0) is 23.1 Å². The molecule has 0 aromatic carbocycles. The van der Waals surface area contributed by atoms with Crippen molar-refractivity contribution in [1.82, 2.24) is 18.8 Å². The van der Waals surface area contributed by atoms with Gasteiger partial charge in [0.1, 0.15) is 9.04 Å². The fourth-order valence-corrected chi connectivity index (χ4v) is 7.17. The lowest BCUT2D eigenvalue weighted by Crippen LogP contribution is -2.40. The van der Waals surface area contributed by atoms with Gasteiger partial charge >= 0.3 is 5.69 Å². The van der Waals surface area contributed by atoms with Gasteiger partial charge in [-0.05, 0) is 51.5 Å². The van der Waals surface area contributed by atoms with Crippen molar-refractivity contribution in [1.29, 1.82) is 0 Å². The number of thiazole rings is 1. The van der Waals surface area contributed by atoms with Crippen molar-refractivity contribution in [3.8, 4) is 0 Å². The molecule has 0 bridgehead atoms. The Morgan fingerprint density at radius 1 is 1.23 bits per heavy atom. The Morgan fingerprint density at radius 2 is 1.97 bits per heavy atom. The molecule has 160 valence electrons. The van der Waals surface area contributed by atoms with E-state index in [-0.39, 0.29) is 16.1 Å². The molecule has 2 fully saturated rings. The highest BCUT2D eigenvalue weighted by molar-refractivity contribution is 7.91. The van der Waals surface area contributed by atoms with E-state index in [4.69, 9.17) is 0 Å². The smallest absolute Gasteiger partial charge is 0.284 e. The van der Waals surface area contributed by atoms with Crippen molar-refractivity contribution in [3.63, 3.8) is 0 Å². The van der Waals surface area contributed by atoms with Crippen LogP contribution in [0.15, 0.2) is 26.1 Å². The van der Waals surface area contributed by atoms with Crippen molar-refractivity contribution in [2.45, 2.75) is 62.4 Å². The van der Waals surface area contributed by atoms with E-state index < -0.39 is 26.8 Å². The largest absolute Gasteiger partial charge is 0.332 e. The van der Waals surface area contributed by atoms with Gasteiger partial charge in [-0.3, -0.25) is 13.9 Å². The van der Waals surface area contributed by atoms with Crippen LogP contribution in [0, 0.1) is 12.8 Å². The van der Waals surface area contributed by atoms with Crippen molar-refractivity contribution in [2.24, 2.45) is 5.92 Å². The summed E-state index contributed by atoms with van der Waals surface area (Å²) in [4.78, 5) is 31.9. The van der Waals surface area contributed by atoms with Crippen molar-refractivity contribution < 1.29 is 8.42 Å². The summed E-state index contributed by atoms with van der Waals surface area (Å²) >= 11 is 2.44. The molecule has 11 heteroatoms. The number of rotatable bonds is 7. The Morgan fingerprint density at radius 3 is 2.57 bits per heavy atom. The highest BCUT2D eigenvalue weighted by atomic mass is 32.2. The highest BCUT2D eigenvalue weighted by Crippen LogP contribution is 2.38. The van der Waals surface area contributed by atoms with Crippen LogP contribution in [0.5, 0.6) is 0 Å². The lowest BCUT2D eigenvalue weighted by atomic mass is 10.3. The summed E-state index contributed by atoms with van der Waals surface area (Å²) in [6.07, 6.45) is 5.34. The number of aromatic nitrogens is 3. The molecule has 30 heavy (non-hydrogen) atoms. The van der Waals surface area contributed by atoms with Crippen molar-refractivity contribution in [2.75, 3.05) is 0 Å². The molecule has 3 aromatic heterocycles. The molecular formula is C19H22N4O4S3. The molecule has 0 radical (unpaired) electrons. The summed E-state index contributed by atoms with van der Waals surface area (Å²) in [5, 5.41) is 1.14. The molecule has 8 nitrogen and oxygen atoms in total. The molecule has 1 N–H and O–H groups in total. The molecule has 3 aromatic rings. The van der Waals surface area contributed by atoms with Crippen LogP contribution in [0.3, 0.4) is 0 Å². The topological polar surface area (TPSA) is 103 Å². The summed E-state index contributed by atoms with van der Waals surface area (Å²) in [5.41, 5.74) is -1.26. The first-order chi connectivity index (χ1) is 14.2. The molecular weight excluding hydrogens is 444 g/mol. The predicted molar refractivity (Wildman–Crippen MR) is 117 cm³/mol. The van der Waals surface area contributed by atoms with Crippen LogP contribution < -0.4 is 16.0 Å². The van der Waals surface area contributed by atoms with Crippen LogP contribution in [-0.4, -0.2) is 28.1 Å². The second-order valence-corrected chi connectivity index (χ2v) is 12.8. The Kier molecular flexibility index (Phi) is 4.58. The maximum absolute atomic E-state index is 13.2. The number of nitrogens with zero attached hydrogens (tertiary/aromatic N) is 3. The normalized spacial score (nSPS) is 18.2. The maximum atomic E-state index is 13.2. The van der Waals surface area contributed by atoms with E-state index in [9.17, 15) is 18.0 Å². The lowest BCUT2D eigenvalue weighted by molar-refractivity contribution is 0.560. The Balaban J connectivity index is 1.66. The summed E-state index contributed by atoms with van der Waals surface area (Å²) in [7, 11) is -3.75. The van der Waals surface area contributed by atoms with Crippen LogP contribution >= 0.6 is 22.7 Å². The number of hydrogen-bond donors (Lipinski definition) is 1. The second-order valence-electron chi connectivity index (χ2n) is 8.52. The first-order valence-corrected chi connectivity index (χ1v) is 13.0. The molecule has 0 unspecified atom stereocenters. The monoisotopic (exact) mass is 466 g/mol. The van der Waals surface area contributed by atoms with Gasteiger partial charge in [0.05, 0.1) is 16.9 Å². The molecule has 2 saturated carbocycles. The molecule has 3 heterocycles. The minimum absolute atomic E-state index is 0.0815. The number of sulfonamides is 1.